The summed E-state index contributed by atoms with van der Waals surface area (Å²) >= 11 is 1.30. The number of hydrogen-bond donors (Lipinski definition) is 2. The molecular weight excluding hydrogens is 275 g/mol. The molecule has 0 aliphatic heterocycles. The lowest BCUT2D eigenvalue weighted by molar-refractivity contribution is -0.122. The molecule has 20 heavy (non-hydrogen) atoms. The van der Waals surface area contributed by atoms with E-state index in [1.54, 1.807) is 18.2 Å². The molecule has 0 aromatic heterocycles. The van der Waals surface area contributed by atoms with Crippen LogP contribution in [0, 0.1) is 5.82 Å². The number of nitrogens with two attached hydrogens (primary N) is 1. The van der Waals surface area contributed by atoms with Gasteiger partial charge in [-0.25, -0.2) is 10.2 Å². The van der Waals surface area contributed by atoms with E-state index in [1.807, 2.05) is 30.3 Å². The molecule has 0 aliphatic rings. The van der Waals surface area contributed by atoms with Gasteiger partial charge in [-0.1, -0.05) is 42.5 Å². The van der Waals surface area contributed by atoms with Gasteiger partial charge in [-0.05, 0) is 17.7 Å². The zero-order chi connectivity index (χ0) is 14.4. The maximum atomic E-state index is 13.6. The third-order valence-electron chi connectivity index (χ3n) is 2.90. The largest absolute Gasteiger partial charge is 0.294 e. The van der Waals surface area contributed by atoms with Crippen LogP contribution in [-0.4, -0.2) is 11.7 Å². The molecule has 0 spiro atoms. The van der Waals surface area contributed by atoms with Crippen LogP contribution in [-0.2, 0) is 4.79 Å². The monoisotopic (exact) mass is 290 g/mol. The third-order valence-corrected chi connectivity index (χ3v) is 4.04. The topological polar surface area (TPSA) is 55.1 Å². The minimum absolute atomic E-state index is 0.278. The summed E-state index contributed by atoms with van der Waals surface area (Å²) < 4.78 is 13.6. The highest BCUT2D eigenvalue weighted by molar-refractivity contribution is 7.99. The summed E-state index contributed by atoms with van der Waals surface area (Å²) in [6.07, 6.45) is 0. The molecule has 1 unspecified atom stereocenters. The molecule has 3 nitrogen and oxygen atoms in total. The molecule has 2 aromatic rings. The molecule has 1 atom stereocenters. The van der Waals surface area contributed by atoms with Gasteiger partial charge in [-0.2, -0.15) is 0 Å². The fraction of sp³-hybridized carbons (Fsp3) is 0.133. The maximum absolute atomic E-state index is 13.6. The van der Waals surface area contributed by atoms with Gasteiger partial charge in [0.05, 0.1) is 5.92 Å². The number of thioether (sulfide) groups is 1. The number of benzene rings is 2. The van der Waals surface area contributed by atoms with Crippen molar-refractivity contribution >= 4 is 17.7 Å². The Balaban J connectivity index is 2.14. The number of carbonyl (C=O) groups excluding carboxylic acids is 1. The molecule has 0 saturated heterocycles. The van der Waals surface area contributed by atoms with Crippen LogP contribution >= 0.6 is 11.8 Å². The second-order valence-corrected chi connectivity index (χ2v) is 5.28. The molecule has 5 heteroatoms. The fourth-order valence-electron chi connectivity index (χ4n) is 1.84. The summed E-state index contributed by atoms with van der Waals surface area (Å²) in [6, 6.07) is 15.8. The Kier molecular flexibility index (Phi) is 5.15. The molecular formula is C15H15FN2OS. The minimum Gasteiger partial charge on any atom is -0.294 e. The predicted molar refractivity (Wildman–Crippen MR) is 78.6 cm³/mol. The van der Waals surface area contributed by atoms with Crippen molar-refractivity contribution < 1.29 is 9.18 Å². The fourth-order valence-corrected chi connectivity index (χ4v) is 2.91. The number of hydrogen-bond acceptors (Lipinski definition) is 3. The Morgan fingerprint density at radius 2 is 1.80 bits per heavy atom. The average Bonchev–Trinajstić information content (AvgIpc) is 2.50. The van der Waals surface area contributed by atoms with Gasteiger partial charge in [0.2, 0.25) is 5.91 Å². The number of rotatable bonds is 5. The first kappa shape index (κ1) is 14.6. The van der Waals surface area contributed by atoms with Gasteiger partial charge in [0, 0.05) is 10.6 Å². The SMILES string of the molecule is NNC(=O)C(CSc1ccccc1F)c1ccccc1. The zero-order valence-electron chi connectivity index (χ0n) is 10.8. The maximum Gasteiger partial charge on any atom is 0.242 e. The Morgan fingerprint density at radius 1 is 1.15 bits per heavy atom. The highest BCUT2D eigenvalue weighted by Gasteiger charge is 2.20. The van der Waals surface area contributed by atoms with Crippen molar-refractivity contribution in [2.24, 2.45) is 5.84 Å². The van der Waals surface area contributed by atoms with Crippen LogP contribution in [0.15, 0.2) is 59.5 Å². The van der Waals surface area contributed by atoms with Crippen molar-refractivity contribution in [2.45, 2.75) is 10.8 Å². The highest BCUT2D eigenvalue weighted by atomic mass is 32.2. The lowest BCUT2D eigenvalue weighted by Gasteiger charge is -2.15. The summed E-state index contributed by atoms with van der Waals surface area (Å²) in [4.78, 5) is 12.4. The molecule has 0 saturated carbocycles. The predicted octanol–water partition coefficient (Wildman–Crippen LogP) is 2.69. The van der Waals surface area contributed by atoms with Crippen molar-refractivity contribution in [1.29, 1.82) is 0 Å². The quantitative estimate of drug-likeness (QED) is 0.385. The van der Waals surface area contributed by atoms with Gasteiger partial charge in [0.1, 0.15) is 5.82 Å². The van der Waals surface area contributed by atoms with Crippen LogP contribution in [0.3, 0.4) is 0 Å². The van der Waals surface area contributed by atoms with Crippen molar-refractivity contribution in [1.82, 2.24) is 5.43 Å². The first-order chi connectivity index (χ1) is 9.72. The minimum atomic E-state index is -0.411. The van der Waals surface area contributed by atoms with Crippen molar-refractivity contribution in [2.75, 3.05) is 5.75 Å². The van der Waals surface area contributed by atoms with Gasteiger partial charge in [0.25, 0.3) is 0 Å². The van der Waals surface area contributed by atoms with Crippen LogP contribution in [0.4, 0.5) is 4.39 Å². The number of hydrazine groups is 1. The first-order valence-corrected chi connectivity index (χ1v) is 7.13. The van der Waals surface area contributed by atoms with E-state index in [1.165, 1.54) is 17.8 Å². The molecule has 0 fully saturated rings. The van der Waals surface area contributed by atoms with E-state index < -0.39 is 5.92 Å². The van der Waals surface area contributed by atoms with E-state index in [0.29, 0.717) is 10.6 Å². The van der Waals surface area contributed by atoms with Crippen molar-refractivity contribution in [3.63, 3.8) is 0 Å². The van der Waals surface area contributed by atoms with Crippen LogP contribution in [0.25, 0.3) is 0 Å². The molecule has 0 aliphatic carbocycles. The number of amides is 1. The highest BCUT2D eigenvalue weighted by Crippen LogP contribution is 2.28. The Hall–Kier alpha value is -1.85. The normalized spacial score (nSPS) is 11.9. The Labute approximate surface area is 121 Å². The van der Waals surface area contributed by atoms with Crippen molar-refractivity contribution in [3.05, 3.63) is 66.0 Å². The van der Waals surface area contributed by atoms with Crippen LogP contribution in [0.5, 0.6) is 0 Å². The van der Waals surface area contributed by atoms with Gasteiger partial charge in [-0.15, -0.1) is 11.8 Å². The Morgan fingerprint density at radius 3 is 2.45 bits per heavy atom. The average molecular weight is 290 g/mol. The molecule has 0 radical (unpaired) electrons. The smallest absolute Gasteiger partial charge is 0.242 e. The van der Waals surface area contributed by atoms with E-state index >= 15 is 0 Å². The molecule has 1 amide bonds. The van der Waals surface area contributed by atoms with E-state index in [9.17, 15) is 9.18 Å². The summed E-state index contributed by atoms with van der Waals surface area (Å²) in [7, 11) is 0. The van der Waals surface area contributed by atoms with Crippen molar-refractivity contribution in [3.8, 4) is 0 Å². The van der Waals surface area contributed by atoms with Gasteiger partial charge in [-0.3, -0.25) is 10.2 Å². The standard InChI is InChI=1S/C15H15FN2OS/c16-13-8-4-5-9-14(13)20-10-12(15(19)18-17)11-6-2-1-3-7-11/h1-9,12H,10,17H2,(H,18,19). The summed E-state index contributed by atoms with van der Waals surface area (Å²) in [5.41, 5.74) is 3.03. The molecule has 104 valence electrons. The second-order valence-electron chi connectivity index (χ2n) is 4.21. The van der Waals surface area contributed by atoms with Crippen LogP contribution < -0.4 is 11.3 Å². The second kappa shape index (κ2) is 7.07. The Bertz CT molecular complexity index is 577. The molecule has 0 heterocycles. The third kappa shape index (κ3) is 3.59. The number of nitrogens with one attached hydrogen (secondary N) is 1. The van der Waals surface area contributed by atoms with Gasteiger partial charge >= 0.3 is 0 Å². The molecule has 2 aromatic carbocycles. The lowest BCUT2D eigenvalue weighted by Crippen LogP contribution is -2.35. The van der Waals surface area contributed by atoms with Gasteiger partial charge in [0.15, 0.2) is 0 Å². The summed E-state index contributed by atoms with van der Waals surface area (Å²) in [5.74, 6) is 4.68. The van der Waals surface area contributed by atoms with E-state index in [-0.39, 0.29) is 11.7 Å². The van der Waals surface area contributed by atoms with E-state index in [2.05, 4.69) is 5.43 Å². The number of carbonyl (C=O) groups is 1. The van der Waals surface area contributed by atoms with Crippen LogP contribution in [0.1, 0.15) is 11.5 Å². The van der Waals surface area contributed by atoms with E-state index in [4.69, 9.17) is 5.84 Å². The summed E-state index contributed by atoms with van der Waals surface area (Å²) in [5, 5.41) is 0. The lowest BCUT2D eigenvalue weighted by atomic mass is 10.0. The number of halogens is 1. The zero-order valence-corrected chi connectivity index (χ0v) is 11.6. The van der Waals surface area contributed by atoms with Crippen LogP contribution in [0.2, 0.25) is 0 Å². The summed E-state index contributed by atoms with van der Waals surface area (Å²) in [6.45, 7) is 0. The molecule has 3 N–H and O–H groups in total. The molecule has 0 bridgehead atoms. The van der Waals surface area contributed by atoms with Gasteiger partial charge < -0.3 is 0 Å². The van der Waals surface area contributed by atoms with E-state index in [0.717, 1.165) is 5.56 Å². The first-order valence-electron chi connectivity index (χ1n) is 6.15. The molecule has 2 rings (SSSR count).